The van der Waals surface area contributed by atoms with Gasteiger partial charge in [-0.15, -0.1) is 0 Å². The molecule has 5 rings (SSSR count). The quantitative estimate of drug-likeness (QED) is 0.667. The van der Waals surface area contributed by atoms with Crippen LogP contribution in [0.25, 0.3) is 11.1 Å². The molecule has 2 fully saturated rings. The van der Waals surface area contributed by atoms with E-state index in [-0.39, 0.29) is 31.6 Å². The number of hydrogen-bond donors (Lipinski definition) is 1. The molecular weight excluding hydrogens is 416 g/mol. The monoisotopic (exact) mass is 437 g/mol. The number of thiocarbonyl (C=S) groups is 1. The van der Waals surface area contributed by atoms with Crippen LogP contribution in [0.15, 0.2) is 42.5 Å². The predicted octanol–water partition coefficient (Wildman–Crippen LogP) is 4.52. The largest absolute Gasteiger partial charge is 0.344 e. The third kappa shape index (κ3) is 2.74. The van der Waals surface area contributed by atoms with Gasteiger partial charge in [0.15, 0.2) is 10.7 Å². The number of nitriles is 1. The SMILES string of the molecule is CN1C(=O)C2(NC1=S)c1cc(-c3cccc(C#N)c3)ccc1CC21CCC(F)(F)CC1. The van der Waals surface area contributed by atoms with Crippen LogP contribution in [-0.4, -0.2) is 28.9 Å². The zero-order valence-electron chi connectivity index (χ0n) is 17.0. The summed E-state index contributed by atoms with van der Waals surface area (Å²) in [6.45, 7) is 0. The van der Waals surface area contributed by atoms with Gasteiger partial charge in [0.1, 0.15) is 0 Å². The van der Waals surface area contributed by atoms with E-state index in [9.17, 15) is 18.8 Å². The van der Waals surface area contributed by atoms with Gasteiger partial charge in [-0.3, -0.25) is 9.69 Å². The number of halogens is 2. The van der Waals surface area contributed by atoms with Crippen molar-refractivity contribution in [3.05, 3.63) is 59.2 Å². The van der Waals surface area contributed by atoms with Gasteiger partial charge in [0, 0.05) is 25.3 Å². The van der Waals surface area contributed by atoms with Crippen molar-refractivity contribution in [3.8, 4) is 17.2 Å². The lowest BCUT2D eigenvalue weighted by Gasteiger charge is -2.46. The first-order valence-corrected chi connectivity index (χ1v) is 10.7. The van der Waals surface area contributed by atoms with E-state index >= 15 is 0 Å². The second-order valence-electron chi connectivity index (χ2n) is 8.92. The molecular formula is C24H21F2N3OS. The van der Waals surface area contributed by atoms with Gasteiger partial charge in [0.2, 0.25) is 5.92 Å². The number of nitrogens with one attached hydrogen (secondary N) is 1. The van der Waals surface area contributed by atoms with Gasteiger partial charge in [-0.05, 0) is 71.9 Å². The number of likely N-dealkylation sites (N-methyl/N-ethyl adjacent to an activating group) is 1. The third-order valence-corrected chi connectivity index (χ3v) is 7.70. The summed E-state index contributed by atoms with van der Waals surface area (Å²) >= 11 is 5.42. The number of carbonyl (C=O) groups is 1. The molecule has 1 amide bonds. The lowest BCUT2D eigenvalue weighted by atomic mass is 9.61. The third-order valence-electron chi connectivity index (χ3n) is 7.33. The van der Waals surface area contributed by atoms with Crippen LogP contribution in [0.3, 0.4) is 0 Å². The van der Waals surface area contributed by atoms with Crippen LogP contribution < -0.4 is 5.32 Å². The summed E-state index contributed by atoms with van der Waals surface area (Å²) in [5.41, 5.74) is 2.33. The van der Waals surface area contributed by atoms with Crippen molar-refractivity contribution >= 4 is 23.2 Å². The Labute approximate surface area is 184 Å². The molecule has 1 saturated heterocycles. The Balaban J connectivity index is 1.68. The zero-order valence-corrected chi connectivity index (χ0v) is 17.9. The fourth-order valence-electron chi connectivity index (χ4n) is 5.64. The van der Waals surface area contributed by atoms with Crippen molar-refractivity contribution in [2.24, 2.45) is 5.41 Å². The standard InChI is InChI=1S/C24H21F2N3OS/c1-29-20(30)24(28-21(29)31)19-12-17(16-4-2-3-15(11-16)14-27)5-6-18(19)13-22(24)7-9-23(25,26)10-8-22/h2-6,11-12H,7-10,13H2,1H3,(H,28,31). The number of rotatable bonds is 1. The highest BCUT2D eigenvalue weighted by Gasteiger charge is 2.67. The molecule has 0 bridgehead atoms. The predicted molar refractivity (Wildman–Crippen MR) is 116 cm³/mol. The molecule has 31 heavy (non-hydrogen) atoms. The first-order chi connectivity index (χ1) is 14.7. The normalized spacial score (nSPS) is 25.5. The minimum atomic E-state index is -2.70. The summed E-state index contributed by atoms with van der Waals surface area (Å²) < 4.78 is 28.2. The van der Waals surface area contributed by atoms with Gasteiger partial charge in [-0.1, -0.05) is 24.3 Å². The van der Waals surface area contributed by atoms with Crippen LogP contribution in [0.2, 0.25) is 0 Å². The van der Waals surface area contributed by atoms with Crippen molar-refractivity contribution < 1.29 is 13.6 Å². The average molecular weight is 438 g/mol. The van der Waals surface area contributed by atoms with Crippen molar-refractivity contribution in [2.75, 3.05) is 7.05 Å². The Kier molecular flexibility index (Phi) is 4.26. The molecule has 1 heterocycles. The van der Waals surface area contributed by atoms with E-state index in [1.807, 2.05) is 30.3 Å². The maximum absolute atomic E-state index is 14.1. The molecule has 1 N–H and O–H groups in total. The number of alkyl halides is 2. The molecule has 2 aromatic rings. The van der Waals surface area contributed by atoms with Crippen molar-refractivity contribution in [1.82, 2.24) is 10.2 Å². The molecule has 4 nitrogen and oxygen atoms in total. The van der Waals surface area contributed by atoms with Gasteiger partial charge >= 0.3 is 0 Å². The van der Waals surface area contributed by atoms with E-state index < -0.39 is 16.9 Å². The van der Waals surface area contributed by atoms with Crippen LogP contribution in [0.4, 0.5) is 8.78 Å². The Morgan fingerprint density at radius 3 is 2.45 bits per heavy atom. The molecule has 0 radical (unpaired) electrons. The molecule has 1 aliphatic heterocycles. The Morgan fingerprint density at radius 2 is 1.81 bits per heavy atom. The summed E-state index contributed by atoms with van der Waals surface area (Å²) in [6.07, 6.45) is 0.606. The molecule has 158 valence electrons. The maximum Gasteiger partial charge on any atom is 0.259 e. The average Bonchev–Trinajstić information content (AvgIpc) is 3.17. The van der Waals surface area contributed by atoms with Gasteiger partial charge in [0.25, 0.3) is 5.91 Å². The van der Waals surface area contributed by atoms with Gasteiger partial charge < -0.3 is 5.32 Å². The van der Waals surface area contributed by atoms with Crippen LogP contribution in [0.5, 0.6) is 0 Å². The second-order valence-corrected chi connectivity index (χ2v) is 9.31. The molecule has 7 heteroatoms. The van der Waals surface area contributed by atoms with Gasteiger partial charge in [-0.25, -0.2) is 8.78 Å². The number of benzene rings is 2. The van der Waals surface area contributed by atoms with E-state index in [1.165, 1.54) is 4.90 Å². The van der Waals surface area contributed by atoms with E-state index in [1.54, 1.807) is 19.2 Å². The Bertz CT molecular complexity index is 1160. The minimum Gasteiger partial charge on any atom is -0.344 e. The summed E-state index contributed by atoms with van der Waals surface area (Å²) in [4.78, 5) is 15.1. The fourth-order valence-corrected chi connectivity index (χ4v) is 5.88. The van der Waals surface area contributed by atoms with E-state index in [2.05, 4.69) is 11.4 Å². The molecule has 2 aliphatic carbocycles. The van der Waals surface area contributed by atoms with Crippen molar-refractivity contribution in [1.29, 1.82) is 5.26 Å². The fraction of sp³-hybridized carbons (Fsp3) is 0.375. The number of hydrogen-bond acceptors (Lipinski definition) is 3. The summed E-state index contributed by atoms with van der Waals surface area (Å²) in [5.74, 6) is -2.87. The minimum absolute atomic E-state index is 0.176. The molecule has 1 saturated carbocycles. The van der Waals surface area contributed by atoms with Crippen LogP contribution in [0.1, 0.15) is 42.4 Å². The molecule has 2 spiro atoms. The number of fused-ring (bicyclic) bond motifs is 3. The van der Waals surface area contributed by atoms with E-state index in [0.29, 0.717) is 17.1 Å². The zero-order chi connectivity index (χ0) is 22.0. The van der Waals surface area contributed by atoms with Gasteiger partial charge in [-0.2, -0.15) is 5.26 Å². The van der Waals surface area contributed by atoms with Gasteiger partial charge in [0.05, 0.1) is 11.6 Å². The first-order valence-electron chi connectivity index (χ1n) is 10.3. The number of nitrogens with zero attached hydrogens (tertiary/aromatic N) is 2. The molecule has 1 unspecified atom stereocenters. The Morgan fingerprint density at radius 1 is 1.10 bits per heavy atom. The highest BCUT2D eigenvalue weighted by atomic mass is 32.1. The molecule has 2 aromatic carbocycles. The lowest BCUT2D eigenvalue weighted by Crippen LogP contribution is -2.57. The summed E-state index contributed by atoms with van der Waals surface area (Å²) in [5, 5.41) is 12.9. The first kappa shape index (κ1) is 20.1. The number of amides is 1. The molecule has 3 aliphatic rings. The highest BCUT2D eigenvalue weighted by molar-refractivity contribution is 7.80. The molecule has 1 atom stereocenters. The highest BCUT2D eigenvalue weighted by Crippen LogP contribution is 2.61. The maximum atomic E-state index is 14.1. The smallest absolute Gasteiger partial charge is 0.259 e. The lowest BCUT2D eigenvalue weighted by molar-refractivity contribution is -0.141. The van der Waals surface area contributed by atoms with Crippen LogP contribution in [0, 0.1) is 16.7 Å². The summed E-state index contributed by atoms with van der Waals surface area (Å²) in [7, 11) is 1.63. The number of carbonyl (C=O) groups excluding carboxylic acids is 1. The van der Waals surface area contributed by atoms with Crippen molar-refractivity contribution in [2.45, 2.75) is 43.6 Å². The van der Waals surface area contributed by atoms with Crippen LogP contribution in [-0.2, 0) is 16.8 Å². The Hall–Kier alpha value is -2.85. The molecule has 0 aromatic heterocycles. The van der Waals surface area contributed by atoms with E-state index in [0.717, 1.165) is 22.3 Å². The second kappa shape index (κ2) is 6.57. The van der Waals surface area contributed by atoms with Crippen molar-refractivity contribution in [3.63, 3.8) is 0 Å². The topological polar surface area (TPSA) is 56.1 Å². The van der Waals surface area contributed by atoms with E-state index in [4.69, 9.17) is 12.2 Å². The summed E-state index contributed by atoms with van der Waals surface area (Å²) in [6, 6.07) is 15.4. The van der Waals surface area contributed by atoms with Crippen LogP contribution >= 0.6 is 12.2 Å².